The smallest absolute Gasteiger partial charge is 0.159 e. The van der Waals surface area contributed by atoms with Gasteiger partial charge in [0.1, 0.15) is 5.82 Å². The van der Waals surface area contributed by atoms with Crippen LogP contribution in [0.15, 0.2) is 42.5 Å². The summed E-state index contributed by atoms with van der Waals surface area (Å²) >= 11 is 0. The fourth-order valence-corrected chi connectivity index (χ4v) is 3.08. The van der Waals surface area contributed by atoms with Gasteiger partial charge in [-0.25, -0.2) is 13.2 Å². The monoisotopic (exact) mass is 334 g/mol. The molecule has 5 heteroatoms. The zero-order chi connectivity index (χ0) is 16.9. The summed E-state index contributed by atoms with van der Waals surface area (Å²) in [6.07, 6.45) is 1.02. The normalized spacial score (nSPS) is 17.0. The van der Waals surface area contributed by atoms with Crippen molar-refractivity contribution in [1.29, 1.82) is 0 Å². The van der Waals surface area contributed by atoms with Gasteiger partial charge in [0, 0.05) is 26.2 Å². The molecular formula is C19H21F3N2. The van der Waals surface area contributed by atoms with E-state index < -0.39 is 11.6 Å². The molecule has 0 radical (unpaired) electrons. The molecule has 3 rings (SSSR count). The van der Waals surface area contributed by atoms with Crippen molar-refractivity contribution < 1.29 is 13.2 Å². The van der Waals surface area contributed by atoms with Crippen LogP contribution in [0.3, 0.4) is 0 Å². The summed E-state index contributed by atoms with van der Waals surface area (Å²) in [6, 6.07) is 10.7. The molecule has 1 aliphatic rings. The quantitative estimate of drug-likeness (QED) is 0.839. The highest BCUT2D eigenvalue weighted by atomic mass is 19.2. The van der Waals surface area contributed by atoms with E-state index in [1.807, 2.05) is 12.1 Å². The average Bonchev–Trinajstić information content (AvgIpc) is 2.79. The van der Waals surface area contributed by atoms with Crippen molar-refractivity contribution in [3.05, 3.63) is 71.0 Å². The van der Waals surface area contributed by atoms with Crippen molar-refractivity contribution in [1.82, 2.24) is 9.80 Å². The molecule has 2 nitrogen and oxygen atoms in total. The first kappa shape index (κ1) is 17.0. The fourth-order valence-electron chi connectivity index (χ4n) is 3.08. The standard InChI is InChI=1S/C19H21F3N2/c20-17-5-2-15(3-6-17)13-23-8-1-9-24(11-10-23)14-16-4-7-18(21)19(22)12-16/h2-7,12H,1,8-11,13-14H2. The molecule has 0 atom stereocenters. The fraction of sp³-hybridized carbons (Fsp3) is 0.368. The summed E-state index contributed by atoms with van der Waals surface area (Å²) in [5.41, 5.74) is 1.89. The highest BCUT2D eigenvalue weighted by molar-refractivity contribution is 5.18. The number of rotatable bonds is 4. The molecule has 0 amide bonds. The lowest BCUT2D eigenvalue weighted by Gasteiger charge is -2.22. The van der Waals surface area contributed by atoms with Crippen LogP contribution in [0.4, 0.5) is 13.2 Å². The molecule has 0 aromatic heterocycles. The van der Waals surface area contributed by atoms with Gasteiger partial charge in [0.25, 0.3) is 0 Å². The Hall–Kier alpha value is -1.85. The van der Waals surface area contributed by atoms with Crippen LogP contribution in [-0.4, -0.2) is 36.0 Å². The molecule has 1 fully saturated rings. The summed E-state index contributed by atoms with van der Waals surface area (Å²) in [6.45, 7) is 5.12. The van der Waals surface area contributed by atoms with Crippen LogP contribution < -0.4 is 0 Å². The molecule has 0 aliphatic carbocycles. The van der Waals surface area contributed by atoms with Gasteiger partial charge in [-0.3, -0.25) is 9.80 Å². The molecule has 0 spiro atoms. The minimum absolute atomic E-state index is 0.215. The van der Waals surface area contributed by atoms with Crippen molar-refractivity contribution in [2.24, 2.45) is 0 Å². The molecule has 24 heavy (non-hydrogen) atoms. The number of hydrogen-bond acceptors (Lipinski definition) is 2. The summed E-state index contributed by atoms with van der Waals surface area (Å²) in [4.78, 5) is 4.61. The summed E-state index contributed by atoms with van der Waals surface area (Å²) in [5, 5.41) is 0. The Morgan fingerprint density at radius 2 is 1.25 bits per heavy atom. The van der Waals surface area contributed by atoms with Gasteiger partial charge in [-0.2, -0.15) is 0 Å². The molecule has 0 saturated carbocycles. The van der Waals surface area contributed by atoms with Crippen LogP contribution in [0.2, 0.25) is 0 Å². The highest BCUT2D eigenvalue weighted by Crippen LogP contribution is 2.14. The predicted octanol–water partition coefficient (Wildman–Crippen LogP) is 3.81. The molecule has 2 aromatic rings. The van der Waals surface area contributed by atoms with E-state index in [0.29, 0.717) is 6.54 Å². The van der Waals surface area contributed by atoms with E-state index in [2.05, 4.69) is 9.80 Å². The summed E-state index contributed by atoms with van der Waals surface area (Å²) < 4.78 is 39.3. The predicted molar refractivity (Wildman–Crippen MR) is 87.9 cm³/mol. The molecule has 0 N–H and O–H groups in total. The van der Waals surface area contributed by atoms with Gasteiger partial charge in [-0.1, -0.05) is 18.2 Å². The maximum Gasteiger partial charge on any atom is 0.159 e. The van der Waals surface area contributed by atoms with E-state index in [-0.39, 0.29) is 5.82 Å². The second-order valence-corrected chi connectivity index (χ2v) is 6.28. The minimum atomic E-state index is -0.805. The van der Waals surface area contributed by atoms with Gasteiger partial charge in [0.15, 0.2) is 11.6 Å². The van der Waals surface area contributed by atoms with E-state index in [9.17, 15) is 13.2 Å². The second kappa shape index (κ2) is 7.81. The van der Waals surface area contributed by atoms with Crippen LogP contribution in [0.1, 0.15) is 17.5 Å². The molecule has 1 heterocycles. The third-order valence-corrected chi connectivity index (χ3v) is 4.39. The maximum atomic E-state index is 13.3. The lowest BCUT2D eigenvalue weighted by molar-refractivity contribution is 0.247. The minimum Gasteiger partial charge on any atom is -0.298 e. The SMILES string of the molecule is Fc1ccc(CN2CCCN(Cc3ccc(F)c(F)c3)CC2)cc1. The van der Waals surface area contributed by atoms with Crippen LogP contribution in [0.5, 0.6) is 0 Å². The first-order valence-electron chi connectivity index (χ1n) is 8.23. The Morgan fingerprint density at radius 1 is 0.667 bits per heavy atom. The second-order valence-electron chi connectivity index (χ2n) is 6.28. The van der Waals surface area contributed by atoms with Crippen molar-refractivity contribution in [2.45, 2.75) is 19.5 Å². The Morgan fingerprint density at radius 3 is 1.88 bits per heavy atom. The van der Waals surface area contributed by atoms with E-state index in [1.54, 1.807) is 6.07 Å². The zero-order valence-electron chi connectivity index (χ0n) is 13.5. The summed E-state index contributed by atoms with van der Waals surface area (Å²) in [7, 11) is 0. The molecule has 2 aromatic carbocycles. The lowest BCUT2D eigenvalue weighted by Crippen LogP contribution is -2.30. The Balaban J connectivity index is 1.54. The topological polar surface area (TPSA) is 6.48 Å². The van der Waals surface area contributed by atoms with E-state index in [4.69, 9.17) is 0 Å². The third-order valence-electron chi connectivity index (χ3n) is 4.39. The van der Waals surface area contributed by atoms with E-state index >= 15 is 0 Å². The largest absolute Gasteiger partial charge is 0.298 e. The molecule has 0 unspecified atom stereocenters. The van der Waals surface area contributed by atoms with Crippen molar-refractivity contribution in [3.8, 4) is 0 Å². The molecule has 1 aliphatic heterocycles. The maximum absolute atomic E-state index is 13.3. The Kier molecular flexibility index (Phi) is 5.53. The van der Waals surface area contributed by atoms with Crippen LogP contribution in [-0.2, 0) is 13.1 Å². The Labute approximate surface area is 140 Å². The van der Waals surface area contributed by atoms with Crippen LogP contribution >= 0.6 is 0 Å². The van der Waals surface area contributed by atoms with Crippen LogP contribution in [0.25, 0.3) is 0 Å². The first-order valence-corrected chi connectivity index (χ1v) is 8.23. The Bertz CT molecular complexity index is 673. The molecular weight excluding hydrogens is 313 g/mol. The molecule has 0 bridgehead atoms. The summed E-state index contributed by atoms with van der Waals surface area (Å²) in [5.74, 6) is -1.81. The van der Waals surface area contributed by atoms with Gasteiger partial charge in [0.05, 0.1) is 0 Å². The van der Waals surface area contributed by atoms with E-state index in [1.165, 1.54) is 24.3 Å². The molecule has 128 valence electrons. The van der Waals surface area contributed by atoms with Crippen molar-refractivity contribution in [2.75, 3.05) is 26.2 Å². The average molecular weight is 334 g/mol. The highest BCUT2D eigenvalue weighted by Gasteiger charge is 2.16. The molecule has 1 saturated heterocycles. The van der Waals surface area contributed by atoms with Crippen molar-refractivity contribution >= 4 is 0 Å². The lowest BCUT2D eigenvalue weighted by atomic mass is 10.2. The van der Waals surface area contributed by atoms with Gasteiger partial charge >= 0.3 is 0 Å². The van der Waals surface area contributed by atoms with E-state index in [0.717, 1.165) is 50.3 Å². The zero-order valence-corrected chi connectivity index (χ0v) is 13.5. The van der Waals surface area contributed by atoms with Gasteiger partial charge < -0.3 is 0 Å². The first-order chi connectivity index (χ1) is 11.6. The number of hydrogen-bond donors (Lipinski definition) is 0. The van der Waals surface area contributed by atoms with Crippen molar-refractivity contribution in [3.63, 3.8) is 0 Å². The number of halogens is 3. The van der Waals surface area contributed by atoms with Crippen LogP contribution in [0, 0.1) is 17.5 Å². The van der Waals surface area contributed by atoms with Gasteiger partial charge in [-0.05, 0) is 54.9 Å². The van der Waals surface area contributed by atoms with Gasteiger partial charge in [0.2, 0.25) is 0 Å². The van der Waals surface area contributed by atoms with Gasteiger partial charge in [-0.15, -0.1) is 0 Å². The number of nitrogens with zero attached hydrogens (tertiary/aromatic N) is 2. The third kappa shape index (κ3) is 4.58. The number of benzene rings is 2.